The Bertz CT molecular complexity index is 406. The molecule has 1 heterocycles. The third-order valence-corrected chi connectivity index (χ3v) is 3.10. The van der Waals surface area contributed by atoms with Gasteiger partial charge in [0.15, 0.2) is 0 Å². The van der Waals surface area contributed by atoms with Crippen LogP contribution in [0.3, 0.4) is 0 Å². The summed E-state index contributed by atoms with van der Waals surface area (Å²) in [5.74, 6) is -0.398. The molecule has 0 unspecified atom stereocenters. The number of nitrogens with two attached hydrogens (primary N) is 1. The first-order valence-electron chi connectivity index (χ1n) is 5.94. The zero-order valence-electron chi connectivity index (χ0n) is 9.80. The van der Waals surface area contributed by atoms with Crippen LogP contribution in [0.25, 0.3) is 0 Å². The molecule has 3 N–H and O–H groups in total. The van der Waals surface area contributed by atoms with Crippen LogP contribution in [-0.2, 0) is 6.54 Å². The van der Waals surface area contributed by atoms with Crippen molar-refractivity contribution in [3.8, 4) is 0 Å². The predicted octanol–water partition coefficient (Wildman–Crippen LogP) is 0.742. The van der Waals surface area contributed by atoms with Gasteiger partial charge in [-0.2, -0.15) is 0 Å². The summed E-state index contributed by atoms with van der Waals surface area (Å²) in [5, 5.41) is 9.58. The SMILES string of the molecule is NC(=O)c1cccc(CN2CCC[C@H](O)C2)c1. The molecule has 1 saturated heterocycles. The number of carbonyl (C=O) groups is 1. The van der Waals surface area contributed by atoms with Gasteiger partial charge in [-0.05, 0) is 37.1 Å². The van der Waals surface area contributed by atoms with Crippen molar-refractivity contribution in [2.45, 2.75) is 25.5 Å². The Kier molecular flexibility index (Phi) is 3.76. The lowest BCUT2D eigenvalue weighted by molar-refractivity contribution is 0.0668. The summed E-state index contributed by atoms with van der Waals surface area (Å²) >= 11 is 0. The van der Waals surface area contributed by atoms with Gasteiger partial charge in [0.25, 0.3) is 0 Å². The van der Waals surface area contributed by atoms with E-state index in [-0.39, 0.29) is 6.10 Å². The van der Waals surface area contributed by atoms with Gasteiger partial charge in [-0.25, -0.2) is 0 Å². The summed E-state index contributed by atoms with van der Waals surface area (Å²) in [7, 11) is 0. The van der Waals surface area contributed by atoms with Gasteiger partial charge in [-0.15, -0.1) is 0 Å². The number of aliphatic hydroxyl groups is 1. The van der Waals surface area contributed by atoms with E-state index in [2.05, 4.69) is 4.90 Å². The molecule has 1 aromatic rings. The van der Waals surface area contributed by atoms with Crippen molar-refractivity contribution in [1.82, 2.24) is 4.90 Å². The number of β-amino-alcohol motifs (C(OH)–C–C–N with tert-alkyl or cyclic N) is 1. The van der Waals surface area contributed by atoms with E-state index in [0.29, 0.717) is 12.1 Å². The van der Waals surface area contributed by atoms with Gasteiger partial charge < -0.3 is 10.8 Å². The van der Waals surface area contributed by atoms with Crippen LogP contribution in [0.4, 0.5) is 0 Å². The Morgan fingerprint density at radius 3 is 3.06 bits per heavy atom. The van der Waals surface area contributed by atoms with Crippen molar-refractivity contribution in [2.75, 3.05) is 13.1 Å². The molecule has 1 atom stereocenters. The maximum Gasteiger partial charge on any atom is 0.248 e. The smallest absolute Gasteiger partial charge is 0.248 e. The summed E-state index contributed by atoms with van der Waals surface area (Å²) in [5.41, 5.74) is 6.85. The summed E-state index contributed by atoms with van der Waals surface area (Å²) in [6, 6.07) is 7.36. The predicted molar refractivity (Wildman–Crippen MR) is 65.5 cm³/mol. The first-order chi connectivity index (χ1) is 8.15. The van der Waals surface area contributed by atoms with Crippen LogP contribution >= 0.6 is 0 Å². The molecule has 1 fully saturated rings. The van der Waals surface area contributed by atoms with Gasteiger partial charge in [-0.1, -0.05) is 12.1 Å². The first-order valence-corrected chi connectivity index (χ1v) is 5.94. The molecule has 0 spiro atoms. The van der Waals surface area contributed by atoms with E-state index < -0.39 is 5.91 Å². The van der Waals surface area contributed by atoms with Gasteiger partial charge in [0, 0.05) is 18.7 Å². The highest BCUT2D eigenvalue weighted by molar-refractivity contribution is 5.92. The van der Waals surface area contributed by atoms with E-state index in [1.54, 1.807) is 6.07 Å². The molecular weight excluding hydrogens is 216 g/mol. The van der Waals surface area contributed by atoms with Crippen molar-refractivity contribution < 1.29 is 9.90 Å². The molecule has 1 aliphatic rings. The number of piperidine rings is 1. The highest BCUT2D eigenvalue weighted by Crippen LogP contribution is 2.14. The quantitative estimate of drug-likeness (QED) is 0.810. The normalized spacial score (nSPS) is 21.4. The average molecular weight is 234 g/mol. The number of primary amides is 1. The fraction of sp³-hybridized carbons (Fsp3) is 0.462. The Labute approximate surface area is 101 Å². The van der Waals surface area contributed by atoms with Gasteiger partial charge in [0.1, 0.15) is 0 Å². The van der Waals surface area contributed by atoms with Crippen LogP contribution in [0.5, 0.6) is 0 Å². The van der Waals surface area contributed by atoms with Crippen molar-refractivity contribution in [1.29, 1.82) is 0 Å². The second-order valence-corrected chi connectivity index (χ2v) is 4.60. The maximum atomic E-state index is 11.1. The topological polar surface area (TPSA) is 66.6 Å². The van der Waals surface area contributed by atoms with Crippen molar-refractivity contribution in [3.63, 3.8) is 0 Å². The van der Waals surface area contributed by atoms with Gasteiger partial charge in [-0.3, -0.25) is 9.69 Å². The summed E-state index contributed by atoms with van der Waals surface area (Å²) < 4.78 is 0. The number of hydrogen-bond acceptors (Lipinski definition) is 3. The standard InChI is InChI=1S/C13H18N2O2/c14-13(17)11-4-1-3-10(7-11)8-15-6-2-5-12(16)9-15/h1,3-4,7,12,16H,2,5-6,8-9H2,(H2,14,17)/t12-/m0/s1. The second kappa shape index (κ2) is 5.29. The Morgan fingerprint density at radius 1 is 1.53 bits per heavy atom. The Balaban J connectivity index is 2.02. The largest absolute Gasteiger partial charge is 0.392 e. The van der Waals surface area contributed by atoms with E-state index in [0.717, 1.165) is 31.5 Å². The number of carbonyl (C=O) groups excluding carboxylic acids is 1. The summed E-state index contributed by atoms with van der Waals surface area (Å²) in [6.45, 7) is 2.47. The number of rotatable bonds is 3. The minimum absolute atomic E-state index is 0.219. The van der Waals surface area contributed by atoms with E-state index in [1.807, 2.05) is 18.2 Å². The fourth-order valence-corrected chi connectivity index (χ4v) is 2.26. The lowest BCUT2D eigenvalue weighted by Gasteiger charge is -2.30. The molecule has 0 saturated carbocycles. The molecule has 92 valence electrons. The van der Waals surface area contributed by atoms with Crippen LogP contribution in [0.15, 0.2) is 24.3 Å². The van der Waals surface area contributed by atoms with Crippen molar-refractivity contribution in [3.05, 3.63) is 35.4 Å². The Morgan fingerprint density at radius 2 is 2.35 bits per heavy atom. The minimum Gasteiger partial charge on any atom is -0.392 e. The van der Waals surface area contributed by atoms with Crippen molar-refractivity contribution >= 4 is 5.91 Å². The number of nitrogens with zero attached hydrogens (tertiary/aromatic N) is 1. The molecule has 2 rings (SSSR count). The number of aliphatic hydroxyl groups excluding tert-OH is 1. The van der Waals surface area contributed by atoms with Crippen molar-refractivity contribution in [2.24, 2.45) is 5.73 Å². The Hall–Kier alpha value is -1.39. The molecule has 17 heavy (non-hydrogen) atoms. The molecule has 0 aromatic heterocycles. The first kappa shape index (κ1) is 12.1. The van der Waals surface area contributed by atoms with E-state index in [1.165, 1.54) is 0 Å². The molecule has 4 heteroatoms. The molecule has 1 aromatic carbocycles. The second-order valence-electron chi connectivity index (χ2n) is 4.60. The van der Waals surface area contributed by atoms with Crippen LogP contribution in [-0.4, -0.2) is 35.1 Å². The third kappa shape index (κ3) is 3.28. The number of hydrogen-bond donors (Lipinski definition) is 2. The molecule has 4 nitrogen and oxygen atoms in total. The average Bonchev–Trinajstić information content (AvgIpc) is 2.29. The zero-order chi connectivity index (χ0) is 12.3. The van der Waals surface area contributed by atoms with E-state index in [4.69, 9.17) is 5.73 Å². The fourth-order valence-electron chi connectivity index (χ4n) is 2.26. The maximum absolute atomic E-state index is 11.1. The van der Waals surface area contributed by atoms with Gasteiger partial charge >= 0.3 is 0 Å². The molecule has 0 aliphatic carbocycles. The molecule has 0 bridgehead atoms. The van der Waals surface area contributed by atoms with Gasteiger partial charge in [0.05, 0.1) is 6.10 Å². The molecule has 1 amide bonds. The lowest BCUT2D eigenvalue weighted by atomic mass is 10.1. The monoisotopic (exact) mass is 234 g/mol. The lowest BCUT2D eigenvalue weighted by Crippen LogP contribution is -2.37. The molecular formula is C13H18N2O2. The van der Waals surface area contributed by atoms with Crippen LogP contribution in [0, 0.1) is 0 Å². The number of likely N-dealkylation sites (tertiary alicyclic amines) is 1. The van der Waals surface area contributed by atoms with Crippen LogP contribution in [0.1, 0.15) is 28.8 Å². The van der Waals surface area contributed by atoms with E-state index >= 15 is 0 Å². The minimum atomic E-state index is -0.398. The highest BCUT2D eigenvalue weighted by atomic mass is 16.3. The van der Waals surface area contributed by atoms with E-state index in [9.17, 15) is 9.90 Å². The van der Waals surface area contributed by atoms with Gasteiger partial charge in [0.2, 0.25) is 5.91 Å². The third-order valence-electron chi connectivity index (χ3n) is 3.10. The zero-order valence-corrected chi connectivity index (χ0v) is 9.80. The van der Waals surface area contributed by atoms with Crippen LogP contribution in [0.2, 0.25) is 0 Å². The number of amides is 1. The molecule has 1 aliphatic heterocycles. The summed E-state index contributed by atoms with van der Waals surface area (Å²) in [4.78, 5) is 13.3. The highest BCUT2D eigenvalue weighted by Gasteiger charge is 2.17. The molecule has 0 radical (unpaired) electrons. The summed E-state index contributed by atoms with van der Waals surface area (Å²) in [6.07, 6.45) is 1.69. The van der Waals surface area contributed by atoms with Crippen LogP contribution < -0.4 is 5.73 Å². The number of benzene rings is 1.